The van der Waals surface area contributed by atoms with Crippen molar-refractivity contribution in [1.29, 1.82) is 0 Å². The van der Waals surface area contributed by atoms with E-state index in [0.717, 1.165) is 5.52 Å². The van der Waals surface area contributed by atoms with Gasteiger partial charge in [0.1, 0.15) is 11.5 Å². The van der Waals surface area contributed by atoms with Crippen molar-refractivity contribution in [3.05, 3.63) is 54.2 Å². The quantitative estimate of drug-likeness (QED) is 0.787. The van der Waals surface area contributed by atoms with Crippen molar-refractivity contribution in [2.75, 3.05) is 13.1 Å². The first-order valence-corrected chi connectivity index (χ1v) is 7.22. The summed E-state index contributed by atoms with van der Waals surface area (Å²) in [6.07, 6.45) is 3.58. The monoisotopic (exact) mass is 300 g/mol. The second-order valence-electron chi connectivity index (χ2n) is 5.07. The molecule has 0 bridgehead atoms. The number of nitrogens with one attached hydrogen (secondary N) is 1. The Morgan fingerprint density at radius 2 is 2.27 bits per heavy atom. The molecule has 0 aliphatic rings. The summed E-state index contributed by atoms with van der Waals surface area (Å²) in [7, 11) is 0. The van der Waals surface area contributed by atoms with Crippen LogP contribution in [0.3, 0.4) is 0 Å². The van der Waals surface area contributed by atoms with Crippen LogP contribution in [0.5, 0.6) is 0 Å². The topological polar surface area (TPSA) is 53.9 Å². The Bertz CT molecular complexity index is 779. The molecule has 0 aliphatic heterocycles. The lowest BCUT2D eigenvalue weighted by atomic mass is 10.2. The Morgan fingerprint density at radius 1 is 1.41 bits per heavy atom. The molecule has 0 spiro atoms. The number of likely N-dealkylation sites (N-methyl/N-ethyl adjacent to an activating group) is 1. The predicted molar refractivity (Wildman–Crippen MR) is 82.1 cm³/mol. The van der Waals surface area contributed by atoms with Gasteiger partial charge in [0.25, 0.3) is 5.91 Å². The second kappa shape index (κ2) is 6.01. The number of aromatic nitrogens is 3. The van der Waals surface area contributed by atoms with E-state index < -0.39 is 0 Å². The van der Waals surface area contributed by atoms with Crippen LogP contribution in [0.2, 0.25) is 0 Å². The number of nitrogens with zero attached hydrogens (tertiary/aromatic N) is 3. The minimum absolute atomic E-state index is 0.0914. The number of hydrogen-bond donors (Lipinski definition) is 1. The Morgan fingerprint density at radius 3 is 3.00 bits per heavy atom. The molecular formula is C16H17FN4O. The van der Waals surface area contributed by atoms with Crippen molar-refractivity contribution in [2.24, 2.45) is 0 Å². The van der Waals surface area contributed by atoms with Gasteiger partial charge in [-0.25, -0.2) is 4.39 Å². The summed E-state index contributed by atoms with van der Waals surface area (Å²) in [6, 6.07) is 7.98. The van der Waals surface area contributed by atoms with E-state index in [1.807, 2.05) is 19.2 Å². The fourth-order valence-corrected chi connectivity index (χ4v) is 2.45. The van der Waals surface area contributed by atoms with Crippen molar-refractivity contribution in [2.45, 2.75) is 13.5 Å². The zero-order chi connectivity index (χ0) is 15.5. The number of hydrogen-bond acceptors (Lipinski definition) is 2. The van der Waals surface area contributed by atoms with Gasteiger partial charge in [0.2, 0.25) is 0 Å². The number of halogens is 1. The lowest BCUT2D eigenvalue weighted by Gasteiger charge is -2.20. The van der Waals surface area contributed by atoms with Crippen molar-refractivity contribution < 1.29 is 9.18 Å². The summed E-state index contributed by atoms with van der Waals surface area (Å²) in [5, 5.41) is 4.83. The van der Waals surface area contributed by atoms with Gasteiger partial charge in [-0.1, -0.05) is 0 Å². The van der Waals surface area contributed by atoms with Gasteiger partial charge < -0.3 is 9.88 Å². The van der Waals surface area contributed by atoms with Crippen LogP contribution in [0.15, 0.2) is 42.7 Å². The predicted octanol–water partition coefficient (Wildman–Crippen LogP) is 2.67. The lowest BCUT2D eigenvalue weighted by Crippen LogP contribution is -2.34. The number of amides is 1. The molecule has 22 heavy (non-hydrogen) atoms. The number of carbonyl (C=O) groups excluding carboxylic acids is 1. The molecule has 0 radical (unpaired) electrons. The molecule has 2 aromatic heterocycles. The van der Waals surface area contributed by atoms with E-state index in [4.69, 9.17) is 0 Å². The fourth-order valence-electron chi connectivity index (χ4n) is 2.45. The summed E-state index contributed by atoms with van der Waals surface area (Å²) in [4.78, 5) is 17.4. The van der Waals surface area contributed by atoms with Crippen LogP contribution in [-0.2, 0) is 6.54 Å². The Labute approximate surface area is 127 Å². The Kier molecular flexibility index (Phi) is 3.91. The molecule has 0 saturated heterocycles. The molecule has 3 aromatic rings. The van der Waals surface area contributed by atoms with Crippen molar-refractivity contribution in [3.8, 4) is 0 Å². The van der Waals surface area contributed by atoms with Crippen LogP contribution >= 0.6 is 0 Å². The maximum absolute atomic E-state index is 13.2. The summed E-state index contributed by atoms with van der Waals surface area (Å²) in [5.41, 5.74) is 1.23. The van der Waals surface area contributed by atoms with Gasteiger partial charge >= 0.3 is 0 Å². The third-order valence-electron chi connectivity index (χ3n) is 3.64. The van der Waals surface area contributed by atoms with E-state index in [0.29, 0.717) is 30.7 Å². The standard InChI is InChI=1S/C16H17FN4O/c1-2-20(8-9-21-7-3-6-18-21)16(22)15-11-12-10-13(17)4-5-14(12)19-15/h3-7,10-11,19H,2,8-9H2,1H3. The molecule has 0 fully saturated rings. The molecule has 6 heteroatoms. The zero-order valence-corrected chi connectivity index (χ0v) is 12.3. The fraction of sp³-hybridized carbons (Fsp3) is 0.250. The highest BCUT2D eigenvalue weighted by molar-refractivity contribution is 5.98. The van der Waals surface area contributed by atoms with Crippen molar-refractivity contribution >= 4 is 16.8 Å². The van der Waals surface area contributed by atoms with Crippen molar-refractivity contribution in [3.63, 3.8) is 0 Å². The van der Waals surface area contributed by atoms with E-state index >= 15 is 0 Å². The number of aromatic amines is 1. The molecule has 5 nitrogen and oxygen atoms in total. The van der Waals surface area contributed by atoms with Gasteiger partial charge in [-0.15, -0.1) is 0 Å². The van der Waals surface area contributed by atoms with Crippen LogP contribution in [0.25, 0.3) is 10.9 Å². The lowest BCUT2D eigenvalue weighted by molar-refractivity contribution is 0.0752. The normalized spacial score (nSPS) is 11.0. The van der Waals surface area contributed by atoms with E-state index in [-0.39, 0.29) is 11.7 Å². The molecule has 0 aliphatic carbocycles. The minimum atomic E-state index is -0.309. The van der Waals surface area contributed by atoms with Gasteiger partial charge in [-0.3, -0.25) is 9.48 Å². The molecule has 1 aromatic carbocycles. The molecule has 0 unspecified atom stereocenters. The van der Waals surface area contributed by atoms with E-state index in [9.17, 15) is 9.18 Å². The number of H-pyrrole nitrogens is 1. The van der Waals surface area contributed by atoms with Crippen LogP contribution in [0, 0.1) is 5.82 Å². The zero-order valence-electron chi connectivity index (χ0n) is 12.3. The van der Waals surface area contributed by atoms with E-state index in [1.54, 1.807) is 27.9 Å². The molecule has 2 heterocycles. The first kappa shape index (κ1) is 14.3. The van der Waals surface area contributed by atoms with Gasteiger partial charge in [0.15, 0.2) is 0 Å². The highest BCUT2D eigenvalue weighted by atomic mass is 19.1. The molecule has 3 rings (SSSR count). The maximum atomic E-state index is 13.2. The van der Waals surface area contributed by atoms with Gasteiger partial charge in [-0.05, 0) is 37.3 Å². The summed E-state index contributed by atoms with van der Waals surface area (Å²) < 4.78 is 15.0. The molecule has 0 saturated carbocycles. The number of rotatable bonds is 5. The van der Waals surface area contributed by atoms with Crippen LogP contribution in [-0.4, -0.2) is 38.7 Å². The van der Waals surface area contributed by atoms with Gasteiger partial charge in [0.05, 0.1) is 6.54 Å². The Hall–Kier alpha value is -2.63. The third kappa shape index (κ3) is 2.86. The average Bonchev–Trinajstić information content (AvgIpc) is 3.16. The number of benzene rings is 1. The van der Waals surface area contributed by atoms with Gasteiger partial charge in [0, 0.05) is 36.4 Å². The Balaban J connectivity index is 1.76. The number of carbonyl (C=O) groups is 1. The molecule has 114 valence electrons. The molecular weight excluding hydrogens is 283 g/mol. The van der Waals surface area contributed by atoms with Crippen LogP contribution in [0.4, 0.5) is 4.39 Å². The van der Waals surface area contributed by atoms with E-state index in [1.165, 1.54) is 12.1 Å². The smallest absolute Gasteiger partial charge is 0.270 e. The maximum Gasteiger partial charge on any atom is 0.270 e. The average molecular weight is 300 g/mol. The molecule has 1 amide bonds. The van der Waals surface area contributed by atoms with E-state index in [2.05, 4.69) is 10.1 Å². The molecule has 1 N–H and O–H groups in total. The van der Waals surface area contributed by atoms with Crippen molar-refractivity contribution in [1.82, 2.24) is 19.7 Å². The SMILES string of the molecule is CCN(CCn1cccn1)C(=O)c1cc2cc(F)ccc2[nH]1. The largest absolute Gasteiger partial charge is 0.351 e. The first-order chi connectivity index (χ1) is 10.7. The van der Waals surface area contributed by atoms with Gasteiger partial charge in [-0.2, -0.15) is 5.10 Å². The van der Waals surface area contributed by atoms with Crippen LogP contribution in [0.1, 0.15) is 17.4 Å². The summed E-state index contributed by atoms with van der Waals surface area (Å²) in [5.74, 6) is -0.400. The summed E-state index contributed by atoms with van der Waals surface area (Å²) in [6.45, 7) is 3.75. The summed E-state index contributed by atoms with van der Waals surface area (Å²) >= 11 is 0. The third-order valence-corrected chi connectivity index (χ3v) is 3.64. The van der Waals surface area contributed by atoms with Crippen LogP contribution < -0.4 is 0 Å². The molecule has 0 atom stereocenters. The first-order valence-electron chi connectivity index (χ1n) is 7.22. The highest BCUT2D eigenvalue weighted by Gasteiger charge is 2.16. The minimum Gasteiger partial charge on any atom is -0.351 e. The number of fused-ring (bicyclic) bond motifs is 1. The second-order valence-corrected chi connectivity index (χ2v) is 5.07. The highest BCUT2D eigenvalue weighted by Crippen LogP contribution is 2.17.